The lowest BCUT2D eigenvalue weighted by atomic mass is 9.86. The second-order valence-electron chi connectivity index (χ2n) is 7.16. The third-order valence-corrected chi connectivity index (χ3v) is 3.88. The molecule has 2 rings (SSSR count). The number of ether oxygens (including phenoxy) is 1. The second-order valence-corrected chi connectivity index (χ2v) is 7.16. The zero-order valence-electron chi connectivity index (χ0n) is 15.6. The Bertz CT molecular complexity index is 756. The number of benzene rings is 2. The molecule has 0 atom stereocenters. The van der Waals surface area contributed by atoms with Crippen LogP contribution in [-0.4, -0.2) is 18.2 Å². The maximum atomic E-state index is 11.9. The fourth-order valence-corrected chi connectivity index (χ4v) is 2.31. The minimum Gasteiger partial charge on any atom is -0.484 e. The van der Waals surface area contributed by atoms with E-state index in [0.29, 0.717) is 5.75 Å². The van der Waals surface area contributed by atoms with Gasteiger partial charge in [-0.25, -0.2) is 5.43 Å². The van der Waals surface area contributed by atoms with Crippen molar-refractivity contribution in [2.75, 3.05) is 6.61 Å². The van der Waals surface area contributed by atoms with E-state index in [0.717, 1.165) is 16.8 Å². The van der Waals surface area contributed by atoms with Crippen LogP contribution in [0.2, 0.25) is 0 Å². The molecule has 2 aromatic rings. The summed E-state index contributed by atoms with van der Waals surface area (Å²) in [6.45, 7) is 10.3. The van der Waals surface area contributed by atoms with E-state index in [-0.39, 0.29) is 17.9 Å². The molecule has 0 aliphatic carbocycles. The van der Waals surface area contributed by atoms with E-state index in [1.807, 2.05) is 50.2 Å². The van der Waals surface area contributed by atoms with E-state index in [1.165, 1.54) is 5.56 Å². The van der Waals surface area contributed by atoms with Crippen LogP contribution in [0, 0.1) is 6.92 Å². The number of hydrazone groups is 1. The second kappa shape index (κ2) is 7.97. The molecule has 0 aromatic heterocycles. The normalized spacial score (nSPS) is 12.0. The molecule has 2 aromatic carbocycles. The van der Waals surface area contributed by atoms with E-state index in [2.05, 4.69) is 43.4 Å². The quantitative estimate of drug-likeness (QED) is 0.656. The topological polar surface area (TPSA) is 50.7 Å². The summed E-state index contributed by atoms with van der Waals surface area (Å²) in [6.07, 6.45) is 0. The molecule has 0 radical (unpaired) electrons. The Morgan fingerprint density at radius 2 is 1.80 bits per heavy atom. The first-order valence-electron chi connectivity index (χ1n) is 8.39. The number of amides is 1. The summed E-state index contributed by atoms with van der Waals surface area (Å²) >= 11 is 0. The molecule has 0 saturated heterocycles. The third kappa shape index (κ3) is 5.75. The van der Waals surface area contributed by atoms with Crippen LogP contribution in [0.25, 0.3) is 0 Å². The largest absolute Gasteiger partial charge is 0.484 e. The number of aryl methyl sites for hydroxylation is 1. The number of hydrogen-bond donors (Lipinski definition) is 1. The van der Waals surface area contributed by atoms with E-state index in [9.17, 15) is 4.79 Å². The van der Waals surface area contributed by atoms with Crippen molar-refractivity contribution >= 4 is 11.6 Å². The lowest BCUT2D eigenvalue weighted by Crippen LogP contribution is -2.25. The van der Waals surface area contributed by atoms with Gasteiger partial charge < -0.3 is 4.74 Å². The van der Waals surface area contributed by atoms with Crippen molar-refractivity contribution in [3.63, 3.8) is 0 Å². The van der Waals surface area contributed by atoms with Gasteiger partial charge >= 0.3 is 0 Å². The molecular formula is C21H26N2O2. The van der Waals surface area contributed by atoms with Gasteiger partial charge in [0, 0.05) is 0 Å². The molecule has 0 heterocycles. The molecule has 0 aliphatic heterocycles. The standard InChI is InChI=1S/C21H26N2O2/c1-15-7-6-8-19(13-15)25-14-20(24)23-22-16(2)17-9-11-18(12-10-17)21(3,4)5/h6-13H,14H2,1-5H3,(H,23,24)/b22-16+. The maximum Gasteiger partial charge on any atom is 0.277 e. The van der Waals surface area contributed by atoms with Crippen LogP contribution in [0.4, 0.5) is 0 Å². The van der Waals surface area contributed by atoms with Gasteiger partial charge in [-0.1, -0.05) is 57.2 Å². The molecule has 132 valence electrons. The van der Waals surface area contributed by atoms with Gasteiger partial charge in [0.1, 0.15) is 5.75 Å². The van der Waals surface area contributed by atoms with Gasteiger partial charge in [0.05, 0.1) is 5.71 Å². The molecule has 0 unspecified atom stereocenters. The molecular weight excluding hydrogens is 312 g/mol. The zero-order valence-corrected chi connectivity index (χ0v) is 15.6. The molecule has 4 nitrogen and oxygen atoms in total. The van der Waals surface area contributed by atoms with E-state index >= 15 is 0 Å². The molecule has 1 amide bonds. The van der Waals surface area contributed by atoms with Crippen molar-refractivity contribution in [3.8, 4) is 5.75 Å². The van der Waals surface area contributed by atoms with E-state index in [1.54, 1.807) is 0 Å². The monoisotopic (exact) mass is 338 g/mol. The number of hydrogen-bond acceptors (Lipinski definition) is 3. The number of nitrogens with one attached hydrogen (secondary N) is 1. The molecule has 1 N–H and O–H groups in total. The predicted molar refractivity (Wildman–Crippen MR) is 102 cm³/mol. The van der Waals surface area contributed by atoms with Gasteiger partial charge in [0.25, 0.3) is 5.91 Å². The van der Waals surface area contributed by atoms with Crippen LogP contribution in [0.15, 0.2) is 53.6 Å². The van der Waals surface area contributed by atoms with Crippen LogP contribution >= 0.6 is 0 Å². The predicted octanol–water partition coefficient (Wildman–Crippen LogP) is 4.21. The van der Waals surface area contributed by atoms with Gasteiger partial charge in [-0.15, -0.1) is 0 Å². The van der Waals surface area contributed by atoms with E-state index < -0.39 is 0 Å². The number of carbonyl (C=O) groups excluding carboxylic acids is 1. The Labute approximate surface area is 149 Å². The molecule has 0 bridgehead atoms. The highest BCUT2D eigenvalue weighted by Gasteiger charge is 2.13. The summed E-state index contributed by atoms with van der Waals surface area (Å²) in [4.78, 5) is 11.9. The molecule has 0 spiro atoms. The molecule has 25 heavy (non-hydrogen) atoms. The summed E-state index contributed by atoms with van der Waals surface area (Å²) in [5, 5.41) is 4.15. The average molecular weight is 338 g/mol. The smallest absolute Gasteiger partial charge is 0.277 e. The number of nitrogens with zero attached hydrogens (tertiary/aromatic N) is 1. The summed E-state index contributed by atoms with van der Waals surface area (Å²) in [5.41, 5.74) is 6.74. The Morgan fingerprint density at radius 1 is 1.12 bits per heavy atom. The molecule has 0 saturated carbocycles. The fraction of sp³-hybridized carbons (Fsp3) is 0.333. The van der Waals surface area contributed by atoms with Crippen molar-refractivity contribution < 1.29 is 9.53 Å². The van der Waals surface area contributed by atoms with Crippen LogP contribution in [0.5, 0.6) is 5.75 Å². The van der Waals surface area contributed by atoms with Gasteiger partial charge in [0.15, 0.2) is 6.61 Å². The Kier molecular flexibility index (Phi) is 5.97. The first-order valence-corrected chi connectivity index (χ1v) is 8.39. The minimum absolute atomic E-state index is 0.0663. The maximum absolute atomic E-state index is 11.9. The zero-order chi connectivity index (χ0) is 18.4. The SMILES string of the molecule is C/C(=N\NC(=O)COc1cccc(C)c1)c1ccc(C(C)(C)C)cc1. The van der Waals surface area contributed by atoms with Crippen molar-refractivity contribution in [3.05, 3.63) is 65.2 Å². The van der Waals surface area contributed by atoms with Crippen LogP contribution in [-0.2, 0) is 10.2 Å². The fourth-order valence-electron chi connectivity index (χ4n) is 2.31. The van der Waals surface area contributed by atoms with Crippen molar-refractivity contribution in [1.29, 1.82) is 0 Å². The highest BCUT2D eigenvalue weighted by atomic mass is 16.5. The summed E-state index contributed by atoms with van der Waals surface area (Å²) in [7, 11) is 0. The number of carbonyl (C=O) groups is 1. The first-order chi connectivity index (χ1) is 11.8. The minimum atomic E-state index is -0.285. The van der Waals surface area contributed by atoms with Gasteiger partial charge in [0.2, 0.25) is 0 Å². The summed E-state index contributed by atoms with van der Waals surface area (Å²) < 4.78 is 5.46. The third-order valence-electron chi connectivity index (χ3n) is 3.88. The van der Waals surface area contributed by atoms with Gasteiger partial charge in [-0.2, -0.15) is 5.10 Å². The summed E-state index contributed by atoms with van der Waals surface area (Å²) in [5.74, 6) is 0.390. The van der Waals surface area contributed by atoms with E-state index in [4.69, 9.17) is 4.74 Å². The highest BCUT2D eigenvalue weighted by Crippen LogP contribution is 2.22. The van der Waals surface area contributed by atoms with Gasteiger partial charge in [-0.05, 0) is 48.1 Å². The summed E-state index contributed by atoms with van der Waals surface area (Å²) in [6, 6.07) is 15.8. The molecule has 4 heteroatoms. The van der Waals surface area contributed by atoms with Crippen LogP contribution in [0.1, 0.15) is 44.4 Å². The van der Waals surface area contributed by atoms with Crippen molar-refractivity contribution in [2.45, 2.75) is 40.0 Å². The average Bonchev–Trinajstić information content (AvgIpc) is 2.57. The lowest BCUT2D eigenvalue weighted by molar-refractivity contribution is -0.123. The van der Waals surface area contributed by atoms with Crippen molar-refractivity contribution in [2.24, 2.45) is 5.10 Å². The Hall–Kier alpha value is -2.62. The Morgan fingerprint density at radius 3 is 2.40 bits per heavy atom. The van der Waals surface area contributed by atoms with Crippen LogP contribution < -0.4 is 10.2 Å². The Balaban J connectivity index is 1.90. The first kappa shape index (κ1) is 18.7. The van der Waals surface area contributed by atoms with Crippen molar-refractivity contribution in [1.82, 2.24) is 5.43 Å². The van der Waals surface area contributed by atoms with Gasteiger partial charge in [-0.3, -0.25) is 4.79 Å². The molecule has 0 aliphatic rings. The highest BCUT2D eigenvalue weighted by molar-refractivity contribution is 5.99. The number of rotatable bonds is 5. The van der Waals surface area contributed by atoms with Crippen LogP contribution in [0.3, 0.4) is 0 Å². The lowest BCUT2D eigenvalue weighted by Gasteiger charge is -2.19. The molecule has 0 fully saturated rings.